The quantitative estimate of drug-likeness (QED) is 0.844. The molecular formula is C14H20N4O. The summed E-state index contributed by atoms with van der Waals surface area (Å²) in [5, 5.41) is 0. The van der Waals surface area contributed by atoms with E-state index in [-0.39, 0.29) is 0 Å². The second-order valence-corrected chi connectivity index (χ2v) is 5.59. The standard InChI is InChI=1S/C14H20N4O/c15-11-8-17-13(7-10(11)14(16)19)18-6-5-9-3-1-2-4-12(9)18/h7-9,12H,1-6,15H2,(H2,16,19). The minimum absolute atomic E-state index is 0.357. The Kier molecular flexibility index (Phi) is 3.05. The van der Waals surface area contributed by atoms with E-state index in [0.29, 0.717) is 17.3 Å². The molecule has 1 aliphatic heterocycles. The molecule has 0 aromatic carbocycles. The van der Waals surface area contributed by atoms with E-state index >= 15 is 0 Å². The number of nitrogens with two attached hydrogens (primary N) is 2. The van der Waals surface area contributed by atoms with Crippen molar-refractivity contribution in [2.75, 3.05) is 17.2 Å². The number of nitrogen functional groups attached to an aromatic ring is 1. The first-order valence-electron chi connectivity index (χ1n) is 6.99. The lowest BCUT2D eigenvalue weighted by molar-refractivity contribution is 0.100. The Hall–Kier alpha value is -1.78. The Morgan fingerprint density at radius 1 is 1.32 bits per heavy atom. The summed E-state index contributed by atoms with van der Waals surface area (Å²) in [6.45, 7) is 1.02. The van der Waals surface area contributed by atoms with E-state index in [9.17, 15) is 4.79 Å². The van der Waals surface area contributed by atoms with Crippen molar-refractivity contribution in [1.29, 1.82) is 0 Å². The highest BCUT2D eigenvalue weighted by Gasteiger charge is 2.36. The fraction of sp³-hybridized carbons (Fsp3) is 0.571. The van der Waals surface area contributed by atoms with Crippen LogP contribution in [-0.4, -0.2) is 23.5 Å². The zero-order valence-electron chi connectivity index (χ0n) is 11.0. The smallest absolute Gasteiger partial charge is 0.250 e. The van der Waals surface area contributed by atoms with Crippen LogP contribution in [0.3, 0.4) is 0 Å². The molecule has 3 rings (SSSR count). The first-order valence-corrected chi connectivity index (χ1v) is 6.99. The molecule has 2 fully saturated rings. The highest BCUT2D eigenvalue weighted by molar-refractivity contribution is 5.98. The highest BCUT2D eigenvalue weighted by Crippen LogP contribution is 2.38. The number of anilines is 2. The van der Waals surface area contributed by atoms with Crippen LogP contribution in [0.2, 0.25) is 0 Å². The maximum atomic E-state index is 11.4. The zero-order valence-corrected chi connectivity index (χ0v) is 11.0. The summed E-state index contributed by atoms with van der Waals surface area (Å²) in [6.07, 6.45) is 7.95. The van der Waals surface area contributed by atoms with Crippen LogP contribution in [0, 0.1) is 5.92 Å². The van der Waals surface area contributed by atoms with Crippen LogP contribution in [0.4, 0.5) is 11.5 Å². The average Bonchev–Trinajstić information content (AvgIpc) is 2.83. The average molecular weight is 260 g/mol. The van der Waals surface area contributed by atoms with Gasteiger partial charge in [0.15, 0.2) is 0 Å². The summed E-state index contributed by atoms with van der Waals surface area (Å²) in [6, 6.07) is 2.32. The largest absolute Gasteiger partial charge is 0.397 e. The number of pyridine rings is 1. The van der Waals surface area contributed by atoms with Crippen molar-refractivity contribution in [2.24, 2.45) is 11.7 Å². The Bertz CT molecular complexity index is 502. The Balaban J connectivity index is 1.90. The van der Waals surface area contributed by atoms with E-state index in [1.54, 1.807) is 12.3 Å². The summed E-state index contributed by atoms with van der Waals surface area (Å²) in [7, 11) is 0. The van der Waals surface area contributed by atoms with Gasteiger partial charge in [-0.3, -0.25) is 4.79 Å². The molecule has 4 N–H and O–H groups in total. The van der Waals surface area contributed by atoms with Crippen LogP contribution in [0.5, 0.6) is 0 Å². The summed E-state index contributed by atoms with van der Waals surface area (Å²) in [5.74, 6) is 1.14. The van der Waals surface area contributed by atoms with Gasteiger partial charge in [0, 0.05) is 12.6 Å². The third-order valence-electron chi connectivity index (χ3n) is 4.49. The number of amides is 1. The molecule has 2 unspecified atom stereocenters. The van der Waals surface area contributed by atoms with Crippen molar-refractivity contribution >= 4 is 17.4 Å². The van der Waals surface area contributed by atoms with Gasteiger partial charge >= 0.3 is 0 Å². The number of aromatic nitrogens is 1. The third kappa shape index (κ3) is 2.13. The maximum absolute atomic E-state index is 11.4. The number of hydrogen-bond donors (Lipinski definition) is 2. The molecule has 0 radical (unpaired) electrons. The summed E-state index contributed by atoms with van der Waals surface area (Å²) in [5.41, 5.74) is 11.8. The van der Waals surface area contributed by atoms with Crippen molar-refractivity contribution in [3.8, 4) is 0 Å². The summed E-state index contributed by atoms with van der Waals surface area (Å²) < 4.78 is 0. The molecule has 5 heteroatoms. The first kappa shape index (κ1) is 12.3. The minimum atomic E-state index is -0.486. The number of rotatable bonds is 2. The van der Waals surface area contributed by atoms with Crippen molar-refractivity contribution in [3.63, 3.8) is 0 Å². The number of carbonyl (C=O) groups is 1. The van der Waals surface area contributed by atoms with Crippen LogP contribution in [-0.2, 0) is 0 Å². The van der Waals surface area contributed by atoms with Gasteiger partial charge in [0.05, 0.1) is 17.4 Å². The molecule has 102 valence electrons. The number of hydrogen-bond acceptors (Lipinski definition) is 4. The van der Waals surface area contributed by atoms with Crippen LogP contribution in [0.25, 0.3) is 0 Å². The molecular weight excluding hydrogens is 240 g/mol. The van der Waals surface area contributed by atoms with Gasteiger partial charge < -0.3 is 16.4 Å². The van der Waals surface area contributed by atoms with E-state index in [0.717, 1.165) is 18.3 Å². The summed E-state index contributed by atoms with van der Waals surface area (Å²) >= 11 is 0. The van der Waals surface area contributed by atoms with Gasteiger partial charge in [0.2, 0.25) is 0 Å². The molecule has 1 saturated carbocycles. The van der Waals surface area contributed by atoms with Gasteiger partial charge in [0.25, 0.3) is 5.91 Å². The van der Waals surface area contributed by atoms with Crippen molar-refractivity contribution in [1.82, 2.24) is 4.98 Å². The Morgan fingerprint density at radius 3 is 2.89 bits per heavy atom. The lowest BCUT2D eigenvalue weighted by atomic mass is 9.85. The second kappa shape index (κ2) is 4.72. The van der Waals surface area contributed by atoms with Crippen LogP contribution in [0.1, 0.15) is 42.5 Å². The molecule has 2 aliphatic rings. The van der Waals surface area contributed by atoms with E-state index < -0.39 is 5.91 Å². The van der Waals surface area contributed by atoms with E-state index in [4.69, 9.17) is 11.5 Å². The fourth-order valence-corrected chi connectivity index (χ4v) is 3.52. The maximum Gasteiger partial charge on any atom is 0.250 e. The van der Waals surface area contributed by atoms with Crippen LogP contribution < -0.4 is 16.4 Å². The normalized spacial score (nSPS) is 26.2. The summed E-state index contributed by atoms with van der Waals surface area (Å²) in [4.78, 5) is 18.1. The molecule has 19 heavy (non-hydrogen) atoms. The molecule has 2 atom stereocenters. The molecule has 1 aromatic rings. The molecule has 2 heterocycles. The minimum Gasteiger partial charge on any atom is -0.397 e. The molecule has 1 aliphatic carbocycles. The van der Waals surface area contributed by atoms with Gasteiger partial charge in [0.1, 0.15) is 5.82 Å². The highest BCUT2D eigenvalue weighted by atomic mass is 16.1. The van der Waals surface area contributed by atoms with Crippen molar-refractivity contribution in [2.45, 2.75) is 38.1 Å². The van der Waals surface area contributed by atoms with Gasteiger partial charge in [-0.2, -0.15) is 0 Å². The number of nitrogens with zero attached hydrogens (tertiary/aromatic N) is 2. The molecule has 5 nitrogen and oxygen atoms in total. The van der Waals surface area contributed by atoms with Gasteiger partial charge in [-0.1, -0.05) is 12.8 Å². The second-order valence-electron chi connectivity index (χ2n) is 5.59. The topological polar surface area (TPSA) is 85.2 Å². The van der Waals surface area contributed by atoms with Crippen molar-refractivity contribution < 1.29 is 4.79 Å². The molecule has 1 aromatic heterocycles. The van der Waals surface area contributed by atoms with Crippen LogP contribution in [0.15, 0.2) is 12.3 Å². The van der Waals surface area contributed by atoms with Gasteiger partial charge in [-0.15, -0.1) is 0 Å². The molecule has 1 amide bonds. The Morgan fingerprint density at radius 2 is 2.11 bits per heavy atom. The molecule has 1 saturated heterocycles. The predicted molar refractivity (Wildman–Crippen MR) is 74.9 cm³/mol. The first-order chi connectivity index (χ1) is 9.16. The SMILES string of the molecule is NC(=O)c1cc(N2CCC3CCCCC32)ncc1N. The lowest BCUT2D eigenvalue weighted by Gasteiger charge is -2.32. The molecule has 0 spiro atoms. The van der Waals surface area contributed by atoms with Crippen LogP contribution >= 0.6 is 0 Å². The Labute approximate surface area is 113 Å². The number of primary amides is 1. The number of carbonyl (C=O) groups excluding carboxylic acids is 1. The zero-order chi connectivity index (χ0) is 13.4. The van der Waals surface area contributed by atoms with E-state index in [1.807, 2.05) is 0 Å². The third-order valence-corrected chi connectivity index (χ3v) is 4.49. The van der Waals surface area contributed by atoms with Gasteiger partial charge in [-0.25, -0.2) is 4.98 Å². The van der Waals surface area contributed by atoms with Crippen molar-refractivity contribution in [3.05, 3.63) is 17.8 Å². The molecule has 0 bridgehead atoms. The predicted octanol–water partition coefficient (Wildman–Crippen LogP) is 1.53. The van der Waals surface area contributed by atoms with Gasteiger partial charge in [-0.05, 0) is 31.2 Å². The van der Waals surface area contributed by atoms with E-state index in [2.05, 4.69) is 9.88 Å². The fourth-order valence-electron chi connectivity index (χ4n) is 3.52. The number of fused-ring (bicyclic) bond motifs is 1. The van der Waals surface area contributed by atoms with E-state index in [1.165, 1.54) is 32.1 Å². The monoisotopic (exact) mass is 260 g/mol. The lowest BCUT2D eigenvalue weighted by Crippen LogP contribution is -2.35.